The maximum atomic E-state index is 13.1. The summed E-state index contributed by atoms with van der Waals surface area (Å²) in [5.74, 6) is -4.67. The topological polar surface area (TPSA) is 147 Å². The molecule has 0 radical (unpaired) electrons. The van der Waals surface area contributed by atoms with Crippen molar-refractivity contribution in [2.45, 2.75) is 57.2 Å². The van der Waals surface area contributed by atoms with E-state index >= 15 is 0 Å². The van der Waals surface area contributed by atoms with Gasteiger partial charge in [-0.15, -0.1) is 0 Å². The number of hydrogen-bond acceptors (Lipinski definition) is 6. The van der Waals surface area contributed by atoms with Crippen molar-refractivity contribution in [3.05, 3.63) is 35.9 Å². The molecule has 0 bridgehead atoms. The molecule has 0 unspecified atom stereocenters. The molecular weight excluding hydrogens is 378 g/mol. The highest BCUT2D eigenvalue weighted by atomic mass is 16.4. The molecular formula is C20H25N3O6. The van der Waals surface area contributed by atoms with Crippen LogP contribution in [0.25, 0.3) is 0 Å². The van der Waals surface area contributed by atoms with E-state index in [4.69, 9.17) is 5.73 Å². The average Bonchev–Trinajstić information content (AvgIpc) is 2.78. The Morgan fingerprint density at radius 3 is 2.34 bits per heavy atom. The van der Waals surface area contributed by atoms with Crippen LogP contribution in [0.15, 0.2) is 30.3 Å². The number of likely N-dealkylation sites (tertiary alicyclic amines) is 1. The maximum absolute atomic E-state index is 13.1. The number of carboxylic acids is 1. The van der Waals surface area contributed by atoms with E-state index in [2.05, 4.69) is 5.32 Å². The standard InChI is InChI=1S/C20H25N3O6/c1-12(21)17(26)22-13(2)18(27)23-16(25)10-6-9-15(24)20(23,19(28)29)11-14-7-4-3-5-8-14/h3-5,7-8,12-13H,6,9-11,21H2,1-2H3,(H,22,26)(H,28,29)/t12-,13-,20+/m0/s1. The minimum atomic E-state index is -2.38. The lowest BCUT2D eigenvalue weighted by molar-refractivity contribution is -0.170. The summed E-state index contributed by atoms with van der Waals surface area (Å²) < 4.78 is 0. The molecule has 0 aliphatic carbocycles. The predicted molar refractivity (Wildman–Crippen MR) is 102 cm³/mol. The summed E-state index contributed by atoms with van der Waals surface area (Å²) in [6, 6.07) is 6.18. The Labute approximate surface area is 168 Å². The first-order chi connectivity index (χ1) is 13.6. The van der Waals surface area contributed by atoms with Gasteiger partial charge in [0.1, 0.15) is 6.04 Å². The Morgan fingerprint density at radius 1 is 1.17 bits per heavy atom. The normalized spacial score (nSPS) is 21.8. The smallest absolute Gasteiger partial charge is 0.338 e. The fourth-order valence-electron chi connectivity index (χ4n) is 3.33. The first-order valence-electron chi connectivity index (χ1n) is 9.34. The second-order valence-corrected chi connectivity index (χ2v) is 7.19. The van der Waals surface area contributed by atoms with Gasteiger partial charge in [-0.05, 0) is 25.8 Å². The van der Waals surface area contributed by atoms with Crippen LogP contribution in [0.5, 0.6) is 0 Å². The lowest BCUT2D eigenvalue weighted by atomic mass is 9.83. The number of nitrogens with one attached hydrogen (secondary N) is 1. The zero-order valence-electron chi connectivity index (χ0n) is 16.4. The molecule has 3 atom stereocenters. The number of hydrogen-bond donors (Lipinski definition) is 3. The minimum absolute atomic E-state index is 0.144. The summed E-state index contributed by atoms with van der Waals surface area (Å²) in [4.78, 5) is 63.6. The molecule has 0 saturated carbocycles. The lowest BCUT2D eigenvalue weighted by Crippen LogP contribution is -2.67. The van der Waals surface area contributed by atoms with Crippen molar-refractivity contribution in [3.8, 4) is 0 Å². The molecule has 1 aliphatic rings. The van der Waals surface area contributed by atoms with Crippen LogP contribution >= 0.6 is 0 Å². The number of benzene rings is 1. The van der Waals surface area contributed by atoms with E-state index in [1.165, 1.54) is 13.8 Å². The van der Waals surface area contributed by atoms with Crippen LogP contribution in [0.4, 0.5) is 0 Å². The van der Waals surface area contributed by atoms with E-state index in [1.807, 2.05) is 0 Å². The summed E-state index contributed by atoms with van der Waals surface area (Å²) >= 11 is 0. The largest absolute Gasteiger partial charge is 0.479 e. The highest BCUT2D eigenvalue weighted by molar-refractivity contribution is 6.17. The van der Waals surface area contributed by atoms with Crippen LogP contribution < -0.4 is 11.1 Å². The van der Waals surface area contributed by atoms with Crippen molar-refractivity contribution in [1.82, 2.24) is 10.2 Å². The number of nitrogens with two attached hydrogens (primary N) is 1. The molecule has 156 valence electrons. The van der Waals surface area contributed by atoms with Crippen LogP contribution in [0.2, 0.25) is 0 Å². The molecule has 1 aromatic rings. The molecule has 1 saturated heterocycles. The first-order valence-corrected chi connectivity index (χ1v) is 9.34. The van der Waals surface area contributed by atoms with Crippen molar-refractivity contribution >= 4 is 29.5 Å². The first kappa shape index (κ1) is 22.2. The number of aliphatic carboxylic acids is 1. The molecule has 9 nitrogen and oxygen atoms in total. The third kappa shape index (κ3) is 4.51. The van der Waals surface area contributed by atoms with Crippen molar-refractivity contribution < 1.29 is 29.1 Å². The number of imide groups is 1. The molecule has 29 heavy (non-hydrogen) atoms. The van der Waals surface area contributed by atoms with Gasteiger partial charge in [0.25, 0.3) is 5.91 Å². The molecule has 2 rings (SSSR count). The quantitative estimate of drug-likeness (QED) is 0.567. The number of amides is 3. The number of carbonyl (C=O) groups is 5. The van der Waals surface area contributed by atoms with Crippen LogP contribution in [0.3, 0.4) is 0 Å². The number of ketones is 1. The number of carbonyl (C=O) groups excluding carboxylic acids is 4. The van der Waals surface area contributed by atoms with Gasteiger partial charge in [-0.3, -0.25) is 24.1 Å². The van der Waals surface area contributed by atoms with Crippen LogP contribution in [-0.2, 0) is 30.4 Å². The molecule has 0 spiro atoms. The van der Waals surface area contributed by atoms with E-state index < -0.39 is 47.1 Å². The van der Waals surface area contributed by atoms with Gasteiger partial charge in [0.15, 0.2) is 5.78 Å². The third-order valence-electron chi connectivity index (χ3n) is 4.91. The Balaban J connectivity index is 2.53. The predicted octanol–water partition coefficient (Wildman–Crippen LogP) is 0.0126. The Bertz CT molecular complexity index is 823. The zero-order valence-corrected chi connectivity index (χ0v) is 16.4. The SMILES string of the molecule is C[C@H](N)C(=O)N[C@@H](C)C(=O)N1C(=O)CCCC(=O)[C@]1(Cc1ccccc1)C(=O)O. The van der Waals surface area contributed by atoms with Crippen LogP contribution in [-0.4, -0.2) is 57.1 Å². The molecule has 9 heteroatoms. The number of rotatable bonds is 6. The van der Waals surface area contributed by atoms with E-state index in [1.54, 1.807) is 30.3 Å². The highest BCUT2D eigenvalue weighted by Gasteiger charge is 2.56. The molecule has 0 aromatic heterocycles. The second-order valence-electron chi connectivity index (χ2n) is 7.19. The maximum Gasteiger partial charge on any atom is 0.338 e. The molecule has 1 aliphatic heterocycles. The van der Waals surface area contributed by atoms with Crippen molar-refractivity contribution in [3.63, 3.8) is 0 Å². The number of carboxylic acid groups (broad SMARTS) is 1. The lowest BCUT2D eigenvalue weighted by Gasteiger charge is -2.38. The number of Topliss-reactive ketones (excluding diaryl/α,β-unsaturated/α-hetero) is 1. The van der Waals surface area contributed by atoms with Crippen molar-refractivity contribution in [2.75, 3.05) is 0 Å². The molecule has 1 fully saturated rings. The van der Waals surface area contributed by atoms with E-state index in [9.17, 15) is 29.1 Å². The van der Waals surface area contributed by atoms with Crippen molar-refractivity contribution in [1.29, 1.82) is 0 Å². The molecule has 1 aromatic carbocycles. The fourth-order valence-corrected chi connectivity index (χ4v) is 3.33. The Kier molecular flexibility index (Phi) is 6.86. The monoisotopic (exact) mass is 403 g/mol. The van der Waals surface area contributed by atoms with Gasteiger partial charge >= 0.3 is 5.97 Å². The van der Waals surface area contributed by atoms with E-state index in [-0.39, 0.29) is 25.7 Å². The van der Waals surface area contributed by atoms with Crippen LogP contribution in [0.1, 0.15) is 38.7 Å². The van der Waals surface area contributed by atoms with Gasteiger partial charge in [0.05, 0.1) is 6.04 Å². The third-order valence-corrected chi connectivity index (χ3v) is 4.91. The van der Waals surface area contributed by atoms with Gasteiger partial charge in [-0.1, -0.05) is 30.3 Å². The Morgan fingerprint density at radius 2 is 1.79 bits per heavy atom. The molecule has 3 amide bonds. The highest BCUT2D eigenvalue weighted by Crippen LogP contribution is 2.30. The minimum Gasteiger partial charge on any atom is -0.479 e. The summed E-state index contributed by atoms with van der Waals surface area (Å²) in [7, 11) is 0. The number of nitrogens with zero attached hydrogens (tertiary/aromatic N) is 1. The molecule has 4 N–H and O–H groups in total. The second kappa shape index (κ2) is 8.95. The van der Waals surface area contributed by atoms with Gasteiger partial charge in [0, 0.05) is 19.3 Å². The van der Waals surface area contributed by atoms with E-state index in [0.717, 1.165) is 0 Å². The van der Waals surface area contributed by atoms with Gasteiger partial charge in [0.2, 0.25) is 17.4 Å². The van der Waals surface area contributed by atoms with Gasteiger partial charge < -0.3 is 16.2 Å². The molecule has 1 heterocycles. The van der Waals surface area contributed by atoms with Crippen molar-refractivity contribution in [2.24, 2.45) is 5.73 Å². The fraction of sp³-hybridized carbons (Fsp3) is 0.450. The summed E-state index contributed by atoms with van der Waals surface area (Å²) in [6.07, 6.45) is -0.496. The summed E-state index contributed by atoms with van der Waals surface area (Å²) in [6.45, 7) is 2.74. The van der Waals surface area contributed by atoms with E-state index in [0.29, 0.717) is 10.5 Å². The van der Waals surface area contributed by atoms with Gasteiger partial charge in [-0.2, -0.15) is 0 Å². The Hall–Kier alpha value is -3.07. The van der Waals surface area contributed by atoms with Gasteiger partial charge in [-0.25, -0.2) is 4.79 Å². The summed E-state index contributed by atoms with van der Waals surface area (Å²) in [5.41, 5.74) is 3.60. The summed E-state index contributed by atoms with van der Waals surface area (Å²) in [5, 5.41) is 12.4. The van der Waals surface area contributed by atoms with Crippen LogP contribution in [0, 0.1) is 0 Å². The average molecular weight is 403 g/mol. The zero-order chi connectivity index (χ0) is 21.8.